The van der Waals surface area contributed by atoms with Gasteiger partial charge >= 0.3 is 5.69 Å². The lowest BCUT2D eigenvalue weighted by atomic mass is 10.4. The lowest BCUT2D eigenvalue weighted by Gasteiger charge is -2.26. The zero-order valence-electron chi connectivity index (χ0n) is 10.7. The Kier molecular flexibility index (Phi) is 3.34. The molecule has 1 amide bonds. The number of hydrogen-bond acceptors (Lipinski definition) is 5. The van der Waals surface area contributed by atoms with E-state index < -0.39 is 0 Å². The molecule has 0 unspecified atom stereocenters. The number of fused-ring (bicyclic) bond motifs is 1. The SMILES string of the molecule is O=C(Cn1nc2n(c1=O)CCNC2)N1CCOCC1. The quantitative estimate of drug-likeness (QED) is 0.671. The van der Waals surface area contributed by atoms with E-state index in [0.29, 0.717) is 45.2 Å². The van der Waals surface area contributed by atoms with Gasteiger partial charge in [0, 0.05) is 26.2 Å². The van der Waals surface area contributed by atoms with Gasteiger partial charge in [0.2, 0.25) is 5.91 Å². The maximum absolute atomic E-state index is 12.1. The average Bonchev–Trinajstić information content (AvgIpc) is 2.77. The van der Waals surface area contributed by atoms with E-state index in [-0.39, 0.29) is 18.1 Å². The second-order valence-corrected chi connectivity index (χ2v) is 4.68. The third-order valence-corrected chi connectivity index (χ3v) is 3.44. The molecule has 8 nitrogen and oxygen atoms in total. The highest BCUT2D eigenvalue weighted by atomic mass is 16.5. The van der Waals surface area contributed by atoms with Crippen LogP contribution in [0.1, 0.15) is 5.82 Å². The van der Waals surface area contributed by atoms with Crippen molar-refractivity contribution in [3.63, 3.8) is 0 Å². The Balaban J connectivity index is 1.74. The van der Waals surface area contributed by atoms with Gasteiger partial charge in [0.15, 0.2) is 0 Å². The summed E-state index contributed by atoms with van der Waals surface area (Å²) < 4.78 is 8.09. The Hall–Kier alpha value is -1.67. The molecule has 1 N–H and O–H groups in total. The molecule has 0 aliphatic carbocycles. The first-order valence-corrected chi connectivity index (χ1v) is 6.48. The van der Waals surface area contributed by atoms with Crippen LogP contribution in [0.25, 0.3) is 0 Å². The van der Waals surface area contributed by atoms with Crippen LogP contribution in [0.3, 0.4) is 0 Å². The number of carbonyl (C=O) groups is 1. The first kappa shape index (κ1) is 12.4. The topological polar surface area (TPSA) is 81.4 Å². The van der Waals surface area contributed by atoms with Crippen LogP contribution in [0, 0.1) is 0 Å². The Morgan fingerprint density at radius 1 is 1.32 bits per heavy atom. The number of amides is 1. The molecule has 0 atom stereocenters. The summed E-state index contributed by atoms with van der Waals surface area (Å²) in [6, 6.07) is 0. The summed E-state index contributed by atoms with van der Waals surface area (Å²) in [6.45, 7) is 4.25. The number of hydrogen-bond donors (Lipinski definition) is 1. The number of nitrogens with zero attached hydrogens (tertiary/aromatic N) is 4. The summed E-state index contributed by atoms with van der Waals surface area (Å²) in [7, 11) is 0. The summed E-state index contributed by atoms with van der Waals surface area (Å²) >= 11 is 0. The van der Waals surface area contributed by atoms with Crippen molar-refractivity contribution >= 4 is 5.91 Å². The van der Waals surface area contributed by atoms with Crippen molar-refractivity contribution in [3.8, 4) is 0 Å². The highest BCUT2D eigenvalue weighted by Crippen LogP contribution is 2.01. The number of morpholine rings is 1. The summed E-state index contributed by atoms with van der Waals surface area (Å²) in [6.07, 6.45) is 0. The van der Waals surface area contributed by atoms with Crippen molar-refractivity contribution in [2.75, 3.05) is 32.8 Å². The molecular weight excluding hydrogens is 250 g/mol. The first-order chi connectivity index (χ1) is 9.25. The van der Waals surface area contributed by atoms with Crippen LogP contribution in [0.4, 0.5) is 0 Å². The monoisotopic (exact) mass is 267 g/mol. The maximum atomic E-state index is 12.1. The van der Waals surface area contributed by atoms with Crippen LogP contribution < -0.4 is 11.0 Å². The number of aromatic nitrogens is 3. The molecule has 1 fully saturated rings. The Bertz CT molecular complexity index is 529. The van der Waals surface area contributed by atoms with E-state index in [4.69, 9.17) is 4.74 Å². The van der Waals surface area contributed by atoms with E-state index >= 15 is 0 Å². The molecule has 1 saturated heterocycles. The molecule has 0 radical (unpaired) electrons. The smallest absolute Gasteiger partial charge is 0.346 e. The van der Waals surface area contributed by atoms with Gasteiger partial charge in [-0.15, -0.1) is 0 Å². The average molecular weight is 267 g/mol. The first-order valence-electron chi connectivity index (χ1n) is 6.48. The normalized spacial score (nSPS) is 19.3. The molecule has 19 heavy (non-hydrogen) atoms. The fourth-order valence-electron chi connectivity index (χ4n) is 2.38. The number of rotatable bonds is 2. The summed E-state index contributed by atoms with van der Waals surface area (Å²) in [4.78, 5) is 25.9. The molecule has 2 aliphatic rings. The molecular formula is C11H17N5O3. The van der Waals surface area contributed by atoms with E-state index in [9.17, 15) is 9.59 Å². The van der Waals surface area contributed by atoms with Gasteiger partial charge in [-0.3, -0.25) is 9.36 Å². The van der Waals surface area contributed by atoms with E-state index in [2.05, 4.69) is 10.4 Å². The summed E-state index contributed by atoms with van der Waals surface area (Å²) in [5.74, 6) is 0.625. The second-order valence-electron chi connectivity index (χ2n) is 4.68. The predicted molar refractivity (Wildman–Crippen MR) is 65.6 cm³/mol. The number of carbonyl (C=O) groups excluding carboxylic acids is 1. The molecule has 1 aromatic heterocycles. The molecule has 8 heteroatoms. The third kappa shape index (κ3) is 2.41. The molecule has 3 heterocycles. The van der Waals surface area contributed by atoms with Gasteiger partial charge in [0.25, 0.3) is 0 Å². The van der Waals surface area contributed by atoms with Crippen molar-refractivity contribution in [1.82, 2.24) is 24.6 Å². The van der Waals surface area contributed by atoms with E-state index in [1.165, 1.54) is 4.68 Å². The molecule has 3 rings (SSSR count). The fourth-order valence-corrected chi connectivity index (χ4v) is 2.38. The zero-order valence-corrected chi connectivity index (χ0v) is 10.7. The Morgan fingerprint density at radius 3 is 2.84 bits per heavy atom. The third-order valence-electron chi connectivity index (χ3n) is 3.44. The van der Waals surface area contributed by atoms with E-state index in [1.807, 2.05) is 0 Å². The zero-order chi connectivity index (χ0) is 13.2. The number of ether oxygens (including phenoxy) is 1. The Labute approximate surface area is 109 Å². The van der Waals surface area contributed by atoms with Crippen molar-refractivity contribution in [1.29, 1.82) is 0 Å². The van der Waals surface area contributed by atoms with Crippen LogP contribution in [0.2, 0.25) is 0 Å². The predicted octanol–water partition coefficient (Wildman–Crippen LogP) is -1.99. The standard InChI is InChI=1S/C11H17N5O3/c17-10(14-3-5-19-6-4-14)8-16-11(18)15-2-1-12-7-9(15)13-16/h12H,1-8H2. The van der Waals surface area contributed by atoms with E-state index in [1.54, 1.807) is 9.47 Å². The maximum Gasteiger partial charge on any atom is 0.346 e. The van der Waals surface area contributed by atoms with Gasteiger partial charge in [-0.05, 0) is 0 Å². The lowest BCUT2D eigenvalue weighted by molar-refractivity contribution is -0.136. The second kappa shape index (κ2) is 5.14. The van der Waals surface area contributed by atoms with Gasteiger partial charge in [0.05, 0.1) is 19.8 Å². The van der Waals surface area contributed by atoms with Crippen molar-refractivity contribution < 1.29 is 9.53 Å². The van der Waals surface area contributed by atoms with Crippen LogP contribution in [0.15, 0.2) is 4.79 Å². The van der Waals surface area contributed by atoms with Crippen molar-refractivity contribution in [2.24, 2.45) is 0 Å². The van der Waals surface area contributed by atoms with Crippen LogP contribution in [-0.4, -0.2) is 58.0 Å². The van der Waals surface area contributed by atoms with Gasteiger partial charge in [0.1, 0.15) is 12.4 Å². The molecule has 0 bridgehead atoms. The molecule has 0 saturated carbocycles. The van der Waals surface area contributed by atoms with Crippen LogP contribution in [-0.2, 0) is 29.2 Å². The highest BCUT2D eigenvalue weighted by Gasteiger charge is 2.21. The van der Waals surface area contributed by atoms with Gasteiger partial charge in [-0.2, -0.15) is 5.10 Å². The summed E-state index contributed by atoms with van der Waals surface area (Å²) in [5, 5.41) is 7.36. The van der Waals surface area contributed by atoms with E-state index in [0.717, 1.165) is 6.54 Å². The van der Waals surface area contributed by atoms with Crippen LogP contribution in [0.5, 0.6) is 0 Å². The van der Waals surface area contributed by atoms with Crippen LogP contribution >= 0.6 is 0 Å². The minimum atomic E-state index is -0.196. The van der Waals surface area contributed by atoms with Crippen molar-refractivity contribution in [3.05, 3.63) is 16.3 Å². The minimum Gasteiger partial charge on any atom is -0.378 e. The van der Waals surface area contributed by atoms with Gasteiger partial charge < -0.3 is 15.0 Å². The molecule has 0 spiro atoms. The largest absolute Gasteiger partial charge is 0.378 e. The van der Waals surface area contributed by atoms with Gasteiger partial charge in [-0.1, -0.05) is 0 Å². The molecule has 1 aromatic rings. The van der Waals surface area contributed by atoms with Gasteiger partial charge in [-0.25, -0.2) is 9.48 Å². The molecule has 104 valence electrons. The highest BCUT2D eigenvalue weighted by molar-refractivity contribution is 5.75. The Morgan fingerprint density at radius 2 is 2.11 bits per heavy atom. The molecule has 2 aliphatic heterocycles. The fraction of sp³-hybridized carbons (Fsp3) is 0.727. The molecule has 0 aromatic carbocycles. The minimum absolute atomic E-state index is 0.0127. The number of nitrogens with one attached hydrogen (secondary N) is 1. The summed E-state index contributed by atoms with van der Waals surface area (Å²) in [5.41, 5.74) is -0.196. The lowest BCUT2D eigenvalue weighted by Crippen LogP contribution is -2.43. The van der Waals surface area contributed by atoms with Crippen molar-refractivity contribution in [2.45, 2.75) is 19.6 Å².